The summed E-state index contributed by atoms with van der Waals surface area (Å²) in [6.45, 7) is 0. The van der Waals surface area contributed by atoms with E-state index in [1.807, 2.05) is 6.08 Å². The van der Waals surface area contributed by atoms with E-state index in [4.69, 9.17) is 4.99 Å². The first-order valence-corrected chi connectivity index (χ1v) is 8.50. The second kappa shape index (κ2) is 4.42. The Labute approximate surface area is 144 Å². The van der Waals surface area contributed by atoms with E-state index in [2.05, 4.69) is 48.5 Å². The highest BCUT2D eigenvalue weighted by Crippen LogP contribution is 2.39. The van der Waals surface area contributed by atoms with Crippen LogP contribution in [0.4, 0.5) is 0 Å². The van der Waals surface area contributed by atoms with Crippen molar-refractivity contribution in [2.75, 3.05) is 0 Å². The molecule has 0 unspecified atom stereocenters. The molecule has 0 atom stereocenters. The molecule has 3 aromatic rings. The van der Waals surface area contributed by atoms with Crippen molar-refractivity contribution in [1.82, 2.24) is 0 Å². The van der Waals surface area contributed by atoms with Gasteiger partial charge in [-0.1, -0.05) is 54.6 Å². The first kappa shape index (κ1) is 13.1. The van der Waals surface area contributed by atoms with Crippen molar-refractivity contribution in [2.45, 2.75) is 6.42 Å². The second-order valence-electron chi connectivity index (χ2n) is 6.74. The summed E-state index contributed by atoms with van der Waals surface area (Å²) in [6.07, 6.45) is 6.28. The Balaban J connectivity index is 1.72. The maximum atomic E-state index is 12.3. The van der Waals surface area contributed by atoms with Gasteiger partial charge in [0.15, 0.2) is 5.78 Å². The average molecular weight is 319 g/mol. The fraction of sp³-hybridized carbons (Fsp3) is 0.0435. The van der Waals surface area contributed by atoms with Crippen LogP contribution in [0.2, 0.25) is 0 Å². The summed E-state index contributed by atoms with van der Waals surface area (Å²) in [7, 11) is 0. The van der Waals surface area contributed by atoms with Gasteiger partial charge in [-0.2, -0.15) is 0 Å². The predicted molar refractivity (Wildman–Crippen MR) is 98.6 cm³/mol. The van der Waals surface area contributed by atoms with Gasteiger partial charge in [0.25, 0.3) is 0 Å². The molecule has 1 aliphatic heterocycles. The zero-order valence-corrected chi connectivity index (χ0v) is 13.4. The monoisotopic (exact) mass is 319 g/mol. The minimum atomic E-state index is 0.0490. The quantitative estimate of drug-likeness (QED) is 0.489. The lowest BCUT2D eigenvalue weighted by molar-refractivity contribution is -0.109. The molecule has 1 heterocycles. The Morgan fingerprint density at radius 1 is 0.880 bits per heavy atom. The van der Waals surface area contributed by atoms with Crippen LogP contribution in [0, 0.1) is 0 Å². The summed E-state index contributed by atoms with van der Waals surface area (Å²) in [4.78, 5) is 17.1. The number of hydrogen-bond acceptors (Lipinski definition) is 2. The summed E-state index contributed by atoms with van der Waals surface area (Å²) in [6, 6.07) is 17.2. The van der Waals surface area contributed by atoms with Gasteiger partial charge in [-0.3, -0.25) is 4.79 Å². The number of carbonyl (C=O) groups is 1. The number of benzene rings is 3. The highest BCUT2D eigenvalue weighted by atomic mass is 16.1. The van der Waals surface area contributed by atoms with Gasteiger partial charge in [-0.25, -0.2) is 4.99 Å². The molecule has 25 heavy (non-hydrogen) atoms. The molecule has 0 saturated carbocycles. The zero-order chi connectivity index (χ0) is 16.5. The maximum absolute atomic E-state index is 12.3. The lowest BCUT2D eigenvalue weighted by atomic mass is 9.96. The minimum absolute atomic E-state index is 0.0490. The van der Waals surface area contributed by atoms with Crippen molar-refractivity contribution in [2.24, 2.45) is 4.99 Å². The number of hydrogen-bond donors (Lipinski definition) is 0. The van der Waals surface area contributed by atoms with Crippen LogP contribution in [0.25, 0.3) is 27.5 Å². The first-order chi connectivity index (χ1) is 12.3. The third-order valence-corrected chi connectivity index (χ3v) is 5.46. The van der Waals surface area contributed by atoms with Crippen LogP contribution in [0.3, 0.4) is 0 Å². The molecule has 0 bridgehead atoms. The highest BCUT2D eigenvalue weighted by Gasteiger charge is 2.24. The van der Waals surface area contributed by atoms with Crippen molar-refractivity contribution >= 4 is 22.1 Å². The molecule has 6 rings (SSSR count). The number of ketones is 1. The Kier molecular flexibility index (Phi) is 2.31. The summed E-state index contributed by atoms with van der Waals surface area (Å²) in [5.41, 5.74) is 6.94. The van der Waals surface area contributed by atoms with Crippen molar-refractivity contribution in [1.29, 1.82) is 0 Å². The van der Waals surface area contributed by atoms with Gasteiger partial charge in [-0.15, -0.1) is 0 Å². The van der Waals surface area contributed by atoms with Gasteiger partial charge in [0.2, 0.25) is 0 Å². The molecular formula is C23H13NO. The fourth-order valence-electron chi connectivity index (χ4n) is 4.35. The molecular weight excluding hydrogens is 306 g/mol. The second-order valence-corrected chi connectivity index (χ2v) is 6.74. The van der Waals surface area contributed by atoms with Crippen LogP contribution in [0.5, 0.6) is 0 Å². The number of nitrogens with zero attached hydrogens (tertiary/aromatic N) is 1. The molecule has 0 N–H and O–H groups in total. The van der Waals surface area contributed by atoms with E-state index in [-0.39, 0.29) is 5.78 Å². The molecule has 0 amide bonds. The summed E-state index contributed by atoms with van der Waals surface area (Å²) < 4.78 is 0. The Morgan fingerprint density at radius 2 is 1.76 bits per heavy atom. The van der Waals surface area contributed by atoms with Gasteiger partial charge in [0, 0.05) is 10.6 Å². The topological polar surface area (TPSA) is 29.4 Å². The standard InChI is InChI=1S/C23H13NO/c25-21-7-3-6-20-22(21)18-11-9-16-17(23(18)24-20)10-8-15-14-5-2-1-4-13(14)12-19(15)16/h1-11H,12H2. The van der Waals surface area contributed by atoms with Gasteiger partial charge < -0.3 is 0 Å². The SMILES string of the molecule is O=C1C=CC=C2N=c3c(ccc4c5c(ccc34)-c3ccccc3C5)=C12. The Morgan fingerprint density at radius 3 is 2.72 bits per heavy atom. The molecule has 0 radical (unpaired) electrons. The van der Waals surface area contributed by atoms with E-state index < -0.39 is 0 Å². The summed E-state index contributed by atoms with van der Waals surface area (Å²) in [5, 5.41) is 4.29. The van der Waals surface area contributed by atoms with Gasteiger partial charge >= 0.3 is 0 Å². The highest BCUT2D eigenvalue weighted by molar-refractivity contribution is 6.27. The van der Waals surface area contributed by atoms with E-state index in [0.29, 0.717) is 0 Å². The van der Waals surface area contributed by atoms with E-state index in [1.165, 1.54) is 27.6 Å². The van der Waals surface area contributed by atoms with E-state index >= 15 is 0 Å². The summed E-state index contributed by atoms with van der Waals surface area (Å²) in [5.74, 6) is 0.0490. The molecule has 3 aliphatic rings. The van der Waals surface area contributed by atoms with Crippen molar-refractivity contribution in [3.63, 3.8) is 0 Å². The average Bonchev–Trinajstić information content (AvgIpc) is 3.20. The van der Waals surface area contributed by atoms with Crippen LogP contribution < -0.4 is 10.6 Å². The van der Waals surface area contributed by atoms with Crippen molar-refractivity contribution < 1.29 is 4.79 Å². The molecule has 0 fully saturated rings. The Hall–Kier alpha value is -3.26. The normalized spacial score (nSPS) is 16.2. The molecule has 0 spiro atoms. The molecule has 3 aromatic carbocycles. The van der Waals surface area contributed by atoms with Crippen LogP contribution in [-0.4, -0.2) is 5.78 Å². The van der Waals surface area contributed by atoms with Crippen molar-refractivity contribution in [3.05, 3.63) is 94.2 Å². The molecule has 2 heteroatoms. The smallest absolute Gasteiger partial charge is 0.188 e. The lowest BCUT2D eigenvalue weighted by Gasteiger charge is -2.06. The number of fused-ring (bicyclic) bond motifs is 8. The number of allylic oxidation sites excluding steroid dienone is 4. The minimum Gasteiger partial charge on any atom is -0.289 e. The lowest BCUT2D eigenvalue weighted by Crippen LogP contribution is -2.25. The van der Waals surface area contributed by atoms with E-state index in [0.717, 1.165) is 33.7 Å². The third-order valence-electron chi connectivity index (χ3n) is 5.46. The zero-order valence-electron chi connectivity index (χ0n) is 13.4. The van der Waals surface area contributed by atoms with Crippen LogP contribution in [-0.2, 0) is 11.2 Å². The fourth-order valence-corrected chi connectivity index (χ4v) is 4.35. The van der Waals surface area contributed by atoms with Gasteiger partial charge in [0.05, 0.1) is 16.6 Å². The summed E-state index contributed by atoms with van der Waals surface area (Å²) >= 11 is 0. The first-order valence-electron chi connectivity index (χ1n) is 8.50. The molecule has 0 aromatic heterocycles. The predicted octanol–water partition coefficient (Wildman–Crippen LogP) is 3.22. The molecule has 116 valence electrons. The van der Waals surface area contributed by atoms with E-state index in [9.17, 15) is 4.79 Å². The van der Waals surface area contributed by atoms with Gasteiger partial charge in [0.1, 0.15) is 0 Å². The third kappa shape index (κ3) is 1.59. The maximum Gasteiger partial charge on any atom is 0.188 e. The Bertz CT molecular complexity index is 1320. The van der Waals surface area contributed by atoms with E-state index in [1.54, 1.807) is 12.2 Å². The molecule has 0 saturated heterocycles. The number of rotatable bonds is 0. The molecule has 2 aliphatic carbocycles. The number of carbonyl (C=O) groups excluding carboxylic acids is 1. The van der Waals surface area contributed by atoms with Crippen molar-refractivity contribution in [3.8, 4) is 11.1 Å². The van der Waals surface area contributed by atoms with Crippen LogP contribution >= 0.6 is 0 Å². The van der Waals surface area contributed by atoms with Gasteiger partial charge in [-0.05, 0) is 46.2 Å². The largest absolute Gasteiger partial charge is 0.289 e. The molecule has 2 nitrogen and oxygen atoms in total. The van der Waals surface area contributed by atoms with Crippen LogP contribution in [0.1, 0.15) is 11.1 Å². The van der Waals surface area contributed by atoms with Crippen LogP contribution in [0.15, 0.2) is 77.4 Å².